The van der Waals surface area contributed by atoms with E-state index in [9.17, 15) is 4.79 Å². The Morgan fingerprint density at radius 1 is 1.33 bits per heavy atom. The zero-order valence-electron chi connectivity index (χ0n) is 13.4. The molecule has 2 N–H and O–H groups in total. The van der Waals surface area contributed by atoms with Crippen LogP contribution >= 0.6 is 0 Å². The molecule has 5 heteroatoms. The van der Waals surface area contributed by atoms with E-state index < -0.39 is 5.97 Å². The molecule has 5 nitrogen and oxygen atoms in total. The predicted molar refractivity (Wildman–Crippen MR) is 83.3 cm³/mol. The number of hydrogen-bond donors (Lipinski definition) is 1. The van der Waals surface area contributed by atoms with Gasteiger partial charge in [-0.25, -0.2) is 9.78 Å². The summed E-state index contributed by atoms with van der Waals surface area (Å²) in [6.45, 7) is 6.46. The van der Waals surface area contributed by atoms with Crippen molar-refractivity contribution in [1.29, 1.82) is 0 Å². The quantitative estimate of drug-likeness (QED) is 0.682. The van der Waals surface area contributed by atoms with Gasteiger partial charge < -0.3 is 15.0 Å². The Morgan fingerprint density at radius 3 is 2.71 bits per heavy atom. The summed E-state index contributed by atoms with van der Waals surface area (Å²) in [5.74, 6) is 1.52. The van der Waals surface area contributed by atoms with Crippen molar-refractivity contribution in [3.05, 3.63) is 11.5 Å². The van der Waals surface area contributed by atoms with Crippen LogP contribution in [0.3, 0.4) is 0 Å². The van der Waals surface area contributed by atoms with Crippen molar-refractivity contribution < 1.29 is 9.53 Å². The van der Waals surface area contributed by atoms with Crippen molar-refractivity contribution in [1.82, 2.24) is 9.55 Å². The number of rotatable bonds is 4. The van der Waals surface area contributed by atoms with Crippen LogP contribution in [-0.2, 0) is 11.2 Å². The number of nitrogens with two attached hydrogens (primary N) is 1. The van der Waals surface area contributed by atoms with Crippen LogP contribution in [-0.4, -0.2) is 22.1 Å². The highest BCUT2D eigenvalue weighted by Crippen LogP contribution is 2.36. The lowest BCUT2D eigenvalue weighted by Gasteiger charge is -2.26. The average Bonchev–Trinajstić information content (AvgIpc) is 2.64. The molecule has 0 saturated heterocycles. The zero-order valence-corrected chi connectivity index (χ0v) is 13.4. The van der Waals surface area contributed by atoms with Crippen molar-refractivity contribution in [2.24, 2.45) is 5.92 Å². The summed E-state index contributed by atoms with van der Waals surface area (Å²) in [7, 11) is 0. The Hall–Kier alpha value is -1.52. The maximum Gasteiger partial charge on any atom is 0.360 e. The molecule has 1 heterocycles. The molecule has 0 aromatic carbocycles. The number of ether oxygens (including phenoxy) is 1. The molecule has 1 aliphatic rings. The number of carbonyl (C=O) groups is 1. The van der Waals surface area contributed by atoms with Gasteiger partial charge in [-0.05, 0) is 25.7 Å². The summed E-state index contributed by atoms with van der Waals surface area (Å²) in [5.41, 5.74) is 6.54. The van der Waals surface area contributed by atoms with E-state index in [1.54, 1.807) is 6.92 Å². The Bertz CT molecular complexity index is 496. The topological polar surface area (TPSA) is 70.1 Å². The molecular weight excluding hydrogens is 266 g/mol. The molecule has 1 aromatic rings. The Labute approximate surface area is 126 Å². The lowest BCUT2D eigenvalue weighted by Crippen LogP contribution is -2.20. The second kappa shape index (κ2) is 6.96. The molecule has 0 radical (unpaired) electrons. The monoisotopic (exact) mass is 293 g/mol. The van der Waals surface area contributed by atoms with Crippen molar-refractivity contribution in [2.45, 2.75) is 65.3 Å². The van der Waals surface area contributed by atoms with Gasteiger partial charge in [0.15, 0.2) is 5.69 Å². The highest BCUT2D eigenvalue weighted by Gasteiger charge is 2.29. The van der Waals surface area contributed by atoms with Crippen LogP contribution in [0.15, 0.2) is 0 Å². The van der Waals surface area contributed by atoms with Gasteiger partial charge in [-0.1, -0.05) is 33.1 Å². The van der Waals surface area contributed by atoms with Gasteiger partial charge >= 0.3 is 5.97 Å². The summed E-state index contributed by atoms with van der Waals surface area (Å²) in [5, 5.41) is 0. The number of imidazole rings is 1. The van der Waals surface area contributed by atoms with Crippen molar-refractivity contribution >= 4 is 11.8 Å². The summed E-state index contributed by atoms with van der Waals surface area (Å²) in [4.78, 5) is 16.5. The molecule has 21 heavy (non-hydrogen) atoms. The molecule has 2 rings (SSSR count). The number of esters is 1. The molecule has 2 unspecified atom stereocenters. The highest BCUT2D eigenvalue weighted by molar-refractivity contribution is 5.92. The SMILES string of the molecule is CCOC(=O)c1nc(CC)n(C2CCCCCC2C)c1N. The smallest absolute Gasteiger partial charge is 0.360 e. The first-order valence-electron chi connectivity index (χ1n) is 8.13. The van der Waals surface area contributed by atoms with Crippen LogP contribution in [0, 0.1) is 5.92 Å². The zero-order chi connectivity index (χ0) is 15.4. The van der Waals surface area contributed by atoms with Gasteiger partial charge in [-0.3, -0.25) is 0 Å². The minimum atomic E-state index is -0.412. The molecule has 1 aromatic heterocycles. The molecule has 118 valence electrons. The number of nitrogens with zero attached hydrogens (tertiary/aromatic N) is 2. The van der Waals surface area contributed by atoms with Crippen LogP contribution in [0.1, 0.15) is 75.2 Å². The first-order chi connectivity index (χ1) is 10.1. The number of hydrogen-bond acceptors (Lipinski definition) is 4. The molecule has 0 aliphatic heterocycles. The predicted octanol–water partition coefficient (Wildman–Crippen LogP) is 3.35. The maximum absolute atomic E-state index is 12.0. The van der Waals surface area contributed by atoms with E-state index in [-0.39, 0.29) is 5.69 Å². The number of aromatic nitrogens is 2. The van der Waals surface area contributed by atoms with Crippen LogP contribution in [0.25, 0.3) is 0 Å². The van der Waals surface area contributed by atoms with Crippen LogP contribution in [0.5, 0.6) is 0 Å². The molecule has 2 atom stereocenters. The fourth-order valence-electron chi connectivity index (χ4n) is 3.32. The Kier molecular flexibility index (Phi) is 5.26. The minimum Gasteiger partial charge on any atom is -0.461 e. The molecule has 1 fully saturated rings. The normalized spacial score (nSPS) is 22.8. The van der Waals surface area contributed by atoms with Gasteiger partial charge in [0.25, 0.3) is 0 Å². The number of nitrogen functional groups attached to an aromatic ring is 1. The molecule has 1 saturated carbocycles. The van der Waals surface area contributed by atoms with Crippen LogP contribution in [0.2, 0.25) is 0 Å². The Balaban J connectivity index is 2.39. The van der Waals surface area contributed by atoms with Crippen molar-refractivity contribution in [3.8, 4) is 0 Å². The van der Waals surface area contributed by atoms with Crippen LogP contribution in [0.4, 0.5) is 5.82 Å². The number of aryl methyl sites for hydroxylation is 1. The van der Waals surface area contributed by atoms with Crippen molar-refractivity contribution in [3.63, 3.8) is 0 Å². The largest absolute Gasteiger partial charge is 0.461 e. The summed E-state index contributed by atoms with van der Waals surface area (Å²) < 4.78 is 7.17. The number of carbonyl (C=O) groups excluding carboxylic acids is 1. The fourth-order valence-corrected chi connectivity index (χ4v) is 3.32. The van der Waals surface area contributed by atoms with E-state index in [0.717, 1.165) is 18.7 Å². The molecule has 0 bridgehead atoms. The van der Waals surface area contributed by atoms with Gasteiger partial charge in [0, 0.05) is 12.5 Å². The van der Waals surface area contributed by atoms with E-state index in [1.165, 1.54) is 25.7 Å². The Morgan fingerprint density at radius 2 is 2.05 bits per heavy atom. The third-order valence-corrected chi connectivity index (χ3v) is 4.45. The second-order valence-electron chi connectivity index (χ2n) is 5.89. The molecule has 1 aliphatic carbocycles. The van der Waals surface area contributed by atoms with Gasteiger partial charge in [-0.15, -0.1) is 0 Å². The minimum absolute atomic E-state index is 0.283. The second-order valence-corrected chi connectivity index (χ2v) is 5.89. The fraction of sp³-hybridized carbons (Fsp3) is 0.750. The lowest BCUT2D eigenvalue weighted by molar-refractivity contribution is 0.0521. The van der Waals surface area contributed by atoms with Crippen LogP contribution < -0.4 is 5.73 Å². The molecule has 0 amide bonds. The van der Waals surface area contributed by atoms with Gasteiger partial charge in [0.2, 0.25) is 0 Å². The van der Waals surface area contributed by atoms with E-state index in [1.807, 2.05) is 0 Å². The van der Waals surface area contributed by atoms with Gasteiger partial charge in [-0.2, -0.15) is 0 Å². The lowest BCUT2D eigenvalue weighted by atomic mass is 9.96. The molecular formula is C16H27N3O2. The molecule has 0 spiro atoms. The number of anilines is 1. The third-order valence-electron chi connectivity index (χ3n) is 4.45. The standard InChI is InChI=1S/C16H27N3O2/c1-4-13-18-14(16(20)21-5-2)15(17)19(13)12-10-8-6-7-9-11(12)3/h11-12H,4-10,17H2,1-3H3. The van der Waals surface area contributed by atoms with Gasteiger partial charge in [0.05, 0.1) is 6.61 Å². The van der Waals surface area contributed by atoms with E-state index in [2.05, 4.69) is 23.4 Å². The van der Waals surface area contributed by atoms with E-state index in [0.29, 0.717) is 24.4 Å². The highest BCUT2D eigenvalue weighted by atomic mass is 16.5. The summed E-state index contributed by atoms with van der Waals surface area (Å²) >= 11 is 0. The average molecular weight is 293 g/mol. The summed E-state index contributed by atoms with van der Waals surface area (Å²) in [6.07, 6.45) is 6.86. The van der Waals surface area contributed by atoms with E-state index >= 15 is 0 Å². The van der Waals surface area contributed by atoms with E-state index in [4.69, 9.17) is 10.5 Å². The maximum atomic E-state index is 12.0. The first kappa shape index (κ1) is 15.9. The van der Waals surface area contributed by atoms with Gasteiger partial charge in [0.1, 0.15) is 11.6 Å². The first-order valence-corrected chi connectivity index (χ1v) is 8.13. The summed E-state index contributed by atoms with van der Waals surface area (Å²) in [6, 6.07) is 0.345. The third kappa shape index (κ3) is 3.22. The van der Waals surface area contributed by atoms with Crippen molar-refractivity contribution in [2.75, 3.05) is 12.3 Å².